The lowest BCUT2D eigenvalue weighted by Gasteiger charge is -2.17. The molecule has 100 valence electrons. The maximum absolute atomic E-state index is 12.2. The SMILES string of the molecule is C=C(C)CN(C)S(=O)(=O)c1ccc(CC)c(N)c1. The highest BCUT2D eigenvalue weighted by molar-refractivity contribution is 7.89. The zero-order valence-corrected chi connectivity index (χ0v) is 11.9. The molecule has 0 radical (unpaired) electrons. The van der Waals surface area contributed by atoms with Crippen LogP contribution in [0.2, 0.25) is 0 Å². The molecule has 1 rings (SSSR count). The quantitative estimate of drug-likeness (QED) is 0.656. The zero-order chi connectivity index (χ0) is 13.9. The van der Waals surface area contributed by atoms with Crippen molar-refractivity contribution >= 4 is 15.7 Å². The number of nitrogens with two attached hydrogens (primary N) is 1. The average Bonchev–Trinajstić information content (AvgIpc) is 2.27. The average molecular weight is 268 g/mol. The fraction of sp³-hybridized carbons (Fsp3) is 0.385. The second-order valence-electron chi connectivity index (χ2n) is 4.43. The number of likely N-dealkylation sites (N-methyl/N-ethyl adjacent to an activating group) is 1. The van der Waals surface area contributed by atoms with E-state index in [4.69, 9.17) is 5.73 Å². The van der Waals surface area contributed by atoms with E-state index < -0.39 is 10.0 Å². The molecule has 1 aromatic rings. The highest BCUT2D eigenvalue weighted by Crippen LogP contribution is 2.21. The Labute approximate surface area is 109 Å². The van der Waals surface area contributed by atoms with Gasteiger partial charge in [0.15, 0.2) is 0 Å². The summed E-state index contributed by atoms with van der Waals surface area (Å²) in [5, 5.41) is 0. The summed E-state index contributed by atoms with van der Waals surface area (Å²) >= 11 is 0. The van der Waals surface area contributed by atoms with Gasteiger partial charge in [-0.1, -0.05) is 25.1 Å². The van der Waals surface area contributed by atoms with Gasteiger partial charge in [-0.25, -0.2) is 8.42 Å². The lowest BCUT2D eigenvalue weighted by molar-refractivity contribution is 0.493. The predicted molar refractivity (Wildman–Crippen MR) is 74.9 cm³/mol. The molecule has 0 unspecified atom stereocenters. The minimum atomic E-state index is -3.49. The highest BCUT2D eigenvalue weighted by Gasteiger charge is 2.21. The molecule has 5 heteroatoms. The summed E-state index contributed by atoms with van der Waals surface area (Å²) in [5.41, 5.74) is 8.09. The molecule has 0 amide bonds. The highest BCUT2D eigenvalue weighted by atomic mass is 32.2. The number of anilines is 1. The van der Waals surface area contributed by atoms with E-state index in [1.807, 2.05) is 6.92 Å². The second kappa shape index (κ2) is 5.54. The number of hydrogen-bond acceptors (Lipinski definition) is 3. The van der Waals surface area contributed by atoms with Gasteiger partial charge in [0, 0.05) is 19.3 Å². The van der Waals surface area contributed by atoms with Crippen LogP contribution in [0.4, 0.5) is 5.69 Å². The van der Waals surface area contributed by atoms with E-state index in [0.717, 1.165) is 17.6 Å². The van der Waals surface area contributed by atoms with Gasteiger partial charge in [0.25, 0.3) is 0 Å². The number of rotatable bonds is 5. The molecule has 0 spiro atoms. The second-order valence-corrected chi connectivity index (χ2v) is 6.48. The molecular formula is C13H20N2O2S. The fourth-order valence-electron chi connectivity index (χ4n) is 1.70. The van der Waals surface area contributed by atoms with Gasteiger partial charge in [-0.05, 0) is 31.0 Å². The molecule has 0 aliphatic rings. The van der Waals surface area contributed by atoms with Gasteiger partial charge >= 0.3 is 0 Å². The monoisotopic (exact) mass is 268 g/mol. The molecule has 0 aliphatic carbocycles. The Morgan fingerprint density at radius 3 is 2.50 bits per heavy atom. The molecule has 0 heterocycles. The Hall–Kier alpha value is -1.33. The van der Waals surface area contributed by atoms with Crippen molar-refractivity contribution in [2.45, 2.75) is 25.2 Å². The van der Waals surface area contributed by atoms with Crippen molar-refractivity contribution in [3.63, 3.8) is 0 Å². The van der Waals surface area contributed by atoms with Crippen molar-refractivity contribution in [2.75, 3.05) is 19.3 Å². The lowest BCUT2D eigenvalue weighted by Crippen LogP contribution is -2.28. The van der Waals surface area contributed by atoms with Crippen molar-refractivity contribution in [3.05, 3.63) is 35.9 Å². The van der Waals surface area contributed by atoms with Crippen LogP contribution in [-0.2, 0) is 16.4 Å². The molecule has 0 fully saturated rings. The van der Waals surface area contributed by atoms with Gasteiger partial charge in [-0.15, -0.1) is 0 Å². The van der Waals surface area contributed by atoms with Gasteiger partial charge in [0.1, 0.15) is 0 Å². The molecule has 18 heavy (non-hydrogen) atoms. The summed E-state index contributed by atoms with van der Waals surface area (Å²) in [6.45, 7) is 7.79. The zero-order valence-electron chi connectivity index (χ0n) is 11.1. The van der Waals surface area contributed by atoms with E-state index in [1.165, 1.54) is 17.4 Å². The van der Waals surface area contributed by atoms with Crippen LogP contribution < -0.4 is 5.73 Å². The van der Waals surface area contributed by atoms with Gasteiger partial charge < -0.3 is 5.73 Å². The van der Waals surface area contributed by atoms with Gasteiger partial charge in [-0.3, -0.25) is 0 Å². The third kappa shape index (κ3) is 3.11. The maximum atomic E-state index is 12.2. The fourth-order valence-corrected chi connectivity index (χ4v) is 2.97. The van der Waals surface area contributed by atoms with Crippen LogP contribution >= 0.6 is 0 Å². The minimum Gasteiger partial charge on any atom is -0.398 e. The van der Waals surface area contributed by atoms with Crippen molar-refractivity contribution in [3.8, 4) is 0 Å². The molecule has 0 atom stereocenters. The topological polar surface area (TPSA) is 63.4 Å². The van der Waals surface area contributed by atoms with E-state index in [1.54, 1.807) is 19.1 Å². The van der Waals surface area contributed by atoms with Crippen LogP contribution in [0.1, 0.15) is 19.4 Å². The summed E-state index contributed by atoms with van der Waals surface area (Å²) in [6.07, 6.45) is 0.785. The minimum absolute atomic E-state index is 0.223. The Morgan fingerprint density at radius 2 is 2.06 bits per heavy atom. The summed E-state index contributed by atoms with van der Waals surface area (Å²) < 4.78 is 25.8. The van der Waals surface area contributed by atoms with E-state index in [9.17, 15) is 8.42 Å². The maximum Gasteiger partial charge on any atom is 0.243 e. The van der Waals surface area contributed by atoms with Crippen LogP contribution in [0.3, 0.4) is 0 Å². The number of sulfonamides is 1. The van der Waals surface area contributed by atoms with Crippen LogP contribution in [0.15, 0.2) is 35.2 Å². The number of hydrogen-bond donors (Lipinski definition) is 1. The van der Waals surface area contributed by atoms with Crippen molar-refractivity contribution in [1.82, 2.24) is 4.31 Å². The molecule has 0 saturated carbocycles. The van der Waals surface area contributed by atoms with E-state index >= 15 is 0 Å². The molecule has 0 saturated heterocycles. The Bertz CT molecular complexity index is 550. The first-order chi connectivity index (χ1) is 8.28. The first-order valence-corrected chi connectivity index (χ1v) is 7.22. The van der Waals surface area contributed by atoms with Crippen LogP contribution in [0, 0.1) is 0 Å². The van der Waals surface area contributed by atoms with Gasteiger partial charge in [0.2, 0.25) is 10.0 Å². The third-order valence-corrected chi connectivity index (χ3v) is 4.50. The van der Waals surface area contributed by atoms with E-state index in [2.05, 4.69) is 6.58 Å². The number of aryl methyl sites for hydroxylation is 1. The molecular weight excluding hydrogens is 248 g/mol. The molecule has 2 N–H and O–H groups in total. The van der Waals surface area contributed by atoms with Gasteiger partial charge in [-0.2, -0.15) is 4.31 Å². The van der Waals surface area contributed by atoms with Crippen molar-refractivity contribution in [1.29, 1.82) is 0 Å². The molecule has 0 bridgehead atoms. The molecule has 0 aliphatic heterocycles. The normalized spacial score (nSPS) is 11.8. The Kier molecular flexibility index (Phi) is 4.53. The van der Waals surface area contributed by atoms with Gasteiger partial charge in [0.05, 0.1) is 4.90 Å². The summed E-state index contributed by atoms with van der Waals surface area (Å²) in [4.78, 5) is 0.223. The Balaban J connectivity index is 3.13. The summed E-state index contributed by atoms with van der Waals surface area (Å²) in [6, 6.07) is 4.87. The summed E-state index contributed by atoms with van der Waals surface area (Å²) in [7, 11) is -1.95. The van der Waals surface area contributed by atoms with Crippen LogP contribution in [0.5, 0.6) is 0 Å². The summed E-state index contributed by atoms with van der Waals surface area (Å²) in [5.74, 6) is 0. The number of nitrogen functional groups attached to an aromatic ring is 1. The Morgan fingerprint density at radius 1 is 1.44 bits per heavy atom. The third-order valence-electron chi connectivity index (χ3n) is 2.70. The van der Waals surface area contributed by atoms with Crippen molar-refractivity contribution in [2.24, 2.45) is 0 Å². The first kappa shape index (κ1) is 14.7. The smallest absolute Gasteiger partial charge is 0.243 e. The number of benzene rings is 1. The molecule has 4 nitrogen and oxygen atoms in total. The van der Waals surface area contributed by atoms with Crippen LogP contribution in [-0.4, -0.2) is 26.3 Å². The first-order valence-electron chi connectivity index (χ1n) is 5.78. The standard InChI is InChI=1S/C13H20N2O2S/c1-5-11-6-7-12(8-13(11)14)18(16,17)15(4)9-10(2)3/h6-8H,2,5,9,14H2,1,3-4H3. The number of nitrogens with zero attached hydrogens (tertiary/aromatic N) is 1. The largest absolute Gasteiger partial charge is 0.398 e. The predicted octanol–water partition coefficient (Wildman–Crippen LogP) is 2.03. The van der Waals surface area contributed by atoms with Crippen molar-refractivity contribution < 1.29 is 8.42 Å². The molecule has 1 aromatic carbocycles. The van der Waals surface area contributed by atoms with E-state index in [0.29, 0.717) is 12.2 Å². The van der Waals surface area contributed by atoms with E-state index in [-0.39, 0.29) is 4.90 Å². The molecule has 0 aromatic heterocycles. The van der Waals surface area contributed by atoms with Crippen LogP contribution in [0.25, 0.3) is 0 Å². The lowest BCUT2D eigenvalue weighted by atomic mass is 10.1.